The molecule has 5 heteroatoms. The fourth-order valence-corrected chi connectivity index (χ4v) is 2.33. The number of nitrogens with one attached hydrogen (secondary N) is 2. The molecule has 0 bridgehead atoms. The molecule has 0 unspecified atom stereocenters. The fraction of sp³-hybridized carbons (Fsp3) is 0.211. The first kappa shape index (κ1) is 16.0. The second-order valence-corrected chi connectivity index (χ2v) is 5.97. The number of hydrogen-bond acceptors (Lipinski definition) is 2. The van der Waals surface area contributed by atoms with Crippen LogP contribution in [0.2, 0.25) is 0 Å². The van der Waals surface area contributed by atoms with Gasteiger partial charge in [-0.2, -0.15) is 9.49 Å². The van der Waals surface area contributed by atoms with Crippen molar-refractivity contribution < 1.29 is 8.78 Å². The number of rotatable bonds is 2. The Labute approximate surface area is 139 Å². The molecule has 0 saturated heterocycles. The van der Waals surface area contributed by atoms with Crippen LogP contribution in [-0.4, -0.2) is 10.2 Å². The normalized spacial score (nSPS) is 10.8. The number of fused-ring (bicyclic) bond motifs is 1. The highest BCUT2D eigenvalue weighted by Crippen LogP contribution is 2.27. The second kappa shape index (κ2) is 6.32. The van der Waals surface area contributed by atoms with Gasteiger partial charge in [-0.05, 0) is 42.8 Å². The van der Waals surface area contributed by atoms with Crippen LogP contribution < -0.4 is 5.32 Å². The Morgan fingerprint density at radius 1 is 1.17 bits per heavy atom. The highest BCUT2D eigenvalue weighted by molar-refractivity contribution is 5.87. The van der Waals surface area contributed by atoms with Gasteiger partial charge >= 0.3 is 0 Å². The zero-order chi connectivity index (χ0) is 17.3. The molecule has 0 saturated carbocycles. The van der Waals surface area contributed by atoms with E-state index in [1.165, 1.54) is 6.07 Å². The van der Waals surface area contributed by atoms with Crippen LogP contribution in [0.3, 0.4) is 0 Å². The van der Waals surface area contributed by atoms with E-state index in [0.717, 1.165) is 0 Å². The molecule has 3 nitrogen and oxygen atoms in total. The third kappa shape index (κ3) is 3.23. The summed E-state index contributed by atoms with van der Waals surface area (Å²) < 4.78 is 27.2. The zero-order valence-electron chi connectivity index (χ0n) is 13.7. The molecule has 0 aliphatic rings. The number of aromatic amines is 1. The summed E-state index contributed by atoms with van der Waals surface area (Å²) in [5.74, 6) is 5.64. The van der Waals surface area contributed by atoms with Crippen LogP contribution >= 0.6 is 0 Å². The molecule has 0 aliphatic heterocycles. The molecule has 0 spiro atoms. The van der Waals surface area contributed by atoms with Gasteiger partial charge in [-0.25, -0.2) is 4.39 Å². The maximum atomic E-state index is 13.8. The van der Waals surface area contributed by atoms with Crippen molar-refractivity contribution in [2.75, 3.05) is 5.32 Å². The van der Waals surface area contributed by atoms with Crippen molar-refractivity contribution in [3.8, 4) is 11.8 Å². The second-order valence-electron chi connectivity index (χ2n) is 5.97. The number of halogens is 2. The molecule has 1 aromatic heterocycles. The first-order chi connectivity index (χ1) is 11.4. The summed E-state index contributed by atoms with van der Waals surface area (Å²) in [5, 5.41) is 9.85. The molecule has 122 valence electrons. The quantitative estimate of drug-likeness (QED) is 0.658. The van der Waals surface area contributed by atoms with Crippen LogP contribution in [0.5, 0.6) is 0 Å². The van der Waals surface area contributed by atoms with Crippen molar-refractivity contribution in [1.29, 1.82) is 0 Å². The molecular weight excluding hydrogens is 308 g/mol. The first-order valence-electron chi connectivity index (χ1n) is 7.66. The Morgan fingerprint density at radius 3 is 2.67 bits per heavy atom. The van der Waals surface area contributed by atoms with Crippen LogP contribution in [0.25, 0.3) is 10.9 Å². The van der Waals surface area contributed by atoms with Gasteiger partial charge < -0.3 is 5.32 Å². The molecule has 0 aliphatic carbocycles. The highest BCUT2D eigenvalue weighted by atomic mass is 19.1. The molecule has 0 atom stereocenters. The summed E-state index contributed by atoms with van der Waals surface area (Å²) in [6.07, 6.45) is 0. The fourth-order valence-electron chi connectivity index (χ4n) is 2.33. The van der Waals surface area contributed by atoms with Crippen LogP contribution in [0.15, 0.2) is 30.3 Å². The summed E-state index contributed by atoms with van der Waals surface area (Å²) in [6, 6.07) is 8.14. The summed E-state index contributed by atoms with van der Waals surface area (Å²) >= 11 is 0. The van der Waals surface area contributed by atoms with Crippen molar-refractivity contribution in [2.24, 2.45) is 5.92 Å². The van der Waals surface area contributed by atoms with E-state index in [2.05, 4.69) is 27.4 Å². The largest absolute Gasteiger partial charge is 0.354 e. The molecule has 0 amide bonds. The topological polar surface area (TPSA) is 40.7 Å². The van der Waals surface area contributed by atoms with Crippen LogP contribution in [0.1, 0.15) is 25.0 Å². The summed E-state index contributed by atoms with van der Waals surface area (Å²) in [4.78, 5) is 0. The predicted octanol–water partition coefficient (Wildman–Crippen LogP) is 4.90. The number of hydrogen-bond donors (Lipinski definition) is 2. The van der Waals surface area contributed by atoms with Crippen molar-refractivity contribution in [3.05, 3.63) is 53.2 Å². The number of nitrogens with zero attached hydrogens (tertiary/aromatic N) is 1. The number of aromatic nitrogens is 2. The Bertz CT molecular complexity index is 962. The molecule has 2 aromatic carbocycles. The molecule has 3 aromatic rings. The average molecular weight is 325 g/mol. The Kier molecular flexibility index (Phi) is 4.22. The molecule has 2 N–H and O–H groups in total. The number of anilines is 2. The molecule has 24 heavy (non-hydrogen) atoms. The van der Waals surface area contributed by atoms with Gasteiger partial charge in [0.1, 0.15) is 5.82 Å². The smallest absolute Gasteiger partial charge is 0.216 e. The van der Waals surface area contributed by atoms with Gasteiger partial charge in [0.05, 0.1) is 22.2 Å². The Hall–Kier alpha value is -2.87. The van der Waals surface area contributed by atoms with Crippen molar-refractivity contribution in [1.82, 2.24) is 10.2 Å². The molecule has 1 heterocycles. The maximum Gasteiger partial charge on any atom is 0.216 e. The molecule has 3 rings (SSSR count). The lowest BCUT2D eigenvalue weighted by Gasteiger charge is -2.10. The zero-order valence-corrected chi connectivity index (χ0v) is 13.7. The SMILES string of the molecule is Cc1cc(Nc2cc3c(F)[nH]nc3cc2C#CC(C)C)ccc1F. The minimum Gasteiger partial charge on any atom is -0.354 e. The Balaban J connectivity index is 2.09. The lowest BCUT2D eigenvalue weighted by Crippen LogP contribution is -1.96. The van der Waals surface area contributed by atoms with Crippen molar-refractivity contribution in [2.45, 2.75) is 20.8 Å². The summed E-state index contributed by atoms with van der Waals surface area (Å²) in [6.45, 7) is 5.69. The minimum absolute atomic E-state index is 0.206. The standard InChI is InChI=1S/C19H17F2N3/c1-11(2)4-5-13-9-18-15(19(21)24-23-18)10-17(13)22-14-6-7-16(20)12(3)8-14/h6-11,22H,1-3H3,(H,23,24). The number of benzene rings is 2. The third-order valence-electron chi connectivity index (χ3n) is 3.58. The van der Waals surface area contributed by atoms with Crippen LogP contribution in [-0.2, 0) is 0 Å². The van der Waals surface area contributed by atoms with Crippen LogP contribution in [0.4, 0.5) is 20.2 Å². The van der Waals surface area contributed by atoms with Crippen molar-refractivity contribution >= 4 is 22.3 Å². The van der Waals surface area contributed by atoms with Gasteiger partial charge in [-0.1, -0.05) is 25.7 Å². The van der Waals surface area contributed by atoms with E-state index in [-0.39, 0.29) is 11.7 Å². The molecular formula is C19H17F2N3. The summed E-state index contributed by atoms with van der Waals surface area (Å²) in [7, 11) is 0. The molecule has 0 radical (unpaired) electrons. The minimum atomic E-state index is -0.494. The van der Waals surface area contributed by atoms with Gasteiger partial charge in [0, 0.05) is 11.6 Å². The van der Waals surface area contributed by atoms with E-state index in [0.29, 0.717) is 33.4 Å². The Morgan fingerprint density at radius 2 is 1.96 bits per heavy atom. The van der Waals surface area contributed by atoms with Gasteiger partial charge in [-0.3, -0.25) is 5.10 Å². The summed E-state index contributed by atoms with van der Waals surface area (Å²) in [5.41, 5.74) is 3.13. The number of aryl methyl sites for hydroxylation is 1. The van der Waals surface area contributed by atoms with E-state index in [9.17, 15) is 8.78 Å². The van der Waals surface area contributed by atoms with E-state index < -0.39 is 5.95 Å². The lowest BCUT2D eigenvalue weighted by atomic mass is 10.1. The predicted molar refractivity (Wildman–Crippen MR) is 92.2 cm³/mol. The van der Waals surface area contributed by atoms with Gasteiger partial charge in [0.2, 0.25) is 5.95 Å². The number of H-pyrrole nitrogens is 1. The van der Waals surface area contributed by atoms with Gasteiger partial charge in [-0.15, -0.1) is 0 Å². The van der Waals surface area contributed by atoms with Crippen molar-refractivity contribution in [3.63, 3.8) is 0 Å². The molecule has 0 fully saturated rings. The highest BCUT2D eigenvalue weighted by Gasteiger charge is 2.11. The maximum absolute atomic E-state index is 13.8. The van der Waals surface area contributed by atoms with E-state index in [1.54, 1.807) is 31.2 Å². The third-order valence-corrected chi connectivity index (χ3v) is 3.58. The van der Waals surface area contributed by atoms with Gasteiger partial charge in [0.15, 0.2) is 0 Å². The van der Waals surface area contributed by atoms with E-state index in [4.69, 9.17) is 0 Å². The van der Waals surface area contributed by atoms with Gasteiger partial charge in [0.25, 0.3) is 0 Å². The van der Waals surface area contributed by atoms with E-state index in [1.807, 2.05) is 13.8 Å². The first-order valence-corrected chi connectivity index (χ1v) is 7.66. The average Bonchev–Trinajstić information content (AvgIpc) is 2.89. The van der Waals surface area contributed by atoms with E-state index >= 15 is 0 Å². The monoisotopic (exact) mass is 325 g/mol. The van der Waals surface area contributed by atoms with Crippen LogP contribution in [0, 0.1) is 36.4 Å². The lowest BCUT2D eigenvalue weighted by molar-refractivity contribution is 0.588.